The maximum Gasteiger partial charge on any atom is 0.240 e. The van der Waals surface area contributed by atoms with E-state index in [1.165, 1.54) is 63.4 Å². The Balaban J connectivity index is 1.92. The average molecular weight is 345 g/mol. The quantitative estimate of drug-likeness (QED) is 0.245. The van der Waals surface area contributed by atoms with E-state index in [-0.39, 0.29) is 5.91 Å². The van der Waals surface area contributed by atoms with E-state index >= 15 is 0 Å². The summed E-state index contributed by atoms with van der Waals surface area (Å²) >= 11 is 0. The van der Waals surface area contributed by atoms with Crippen molar-refractivity contribution in [2.45, 2.75) is 90.9 Å². The smallest absolute Gasteiger partial charge is 0.240 e. The third kappa shape index (κ3) is 12.4. The largest absolute Gasteiger partial charge is 0.273 e. The van der Waals surface area contributed by atoms with Crippen LogP contribution in [-0.4, -0.2) is 12.1 Å². The highest BCUT2D eigenvalue weighted by atomic mass is 16.2. The molecular formula is C22H36N2O. The SMILES string of the molecule is CCCCCCCCCCCCCC(=O)N/N=C\c1ccc(C)cc1. The zero-order valence-electron chi connectivity index (χ0n) is 16.2. The van der Waals surface area contributed by atoms with E-state index in [9.17, 15) is 4.79 Å². The molecule has 0 fully saturated rings. The number of benzene rings is 1. The van der Waals surface area contributed by atoms with Crippen molar-refractivity contribution in [1.82, 2.24) is 5.43 Å². The van der Waals surface area contributed by atoms with Gasteiger partial charge in [-0.05, 0) is 18.9 Å². The second kappa shape index (κ2) is 14.7. The molecule has 1 aromatic rings. The van der Waals surface area contributed by atoms with Crippen LogP contribution >= 0.6 is 0 Å². The molecule has 3 nitrogen and oxygen atoms in total. The van der Waals surface area contributed by atoms with Crippen molar-refractivity contribution in [1.29, 1.82) is 0 Å². The number of carbonyl (C=O) groups is 1. The highest BCUT2D eigenvalue weighted by molar-refractivity contribution is 5.82. The van der Waals surface area contributed by atoms with Crippen LogP contribution in [0.15, 0.2) is 29.4 Å². The van der Waals surface area contributed by atoms with Gasteiger partial charge in [0.15, 0.2) is 0 Å². The van der Waals surface area contributed by atoms with Crippen LogP contribution in [0.5, 0.6) is 0 Å². The molecule has 0 heterocycles. The normalized spacial score (nSPS) is 11.1. The van der Waals surface area contributed by atoms with Gasteiger partial charge >= 0.3 is 0 Å². The third-order valence-electron chi connectivity index (χ3n) is 4.49. The molecule has 0 radical (unpaired) electrons. The maximum absolute atomic E-state index is 11.7. The van der Waals surface area contributed by atoms with Gasteiger partial charge in [-0.25, -0.2) is 5.43 Å². The minimum atomic E-state index is 0.0132. The molecule has 140 valence electrons. The zero-order valence-corrected chi connectivity index (χ0v) is 16.2. The van der Waals surface area contributed by atoms with Crippen LogP contribution in [0.2, 0.25) is 0 Å². The van der Waals surface area contributed by atoms with E-state index in [0.29, 0.717) is 6.42 Å². The Morgan fingerprint density at radius 2 is 1.40 bits per heavy atom. The fraction of sp³-hybridized carbons (Fsp3) is 0.636. The van der Waals surface area contributed by atoms with Gasteiger partial charge in [0, 0.05) is 6.42 Å². The first-order chi connectivity index (χ1) is 12.2. The minimum Gasteiger partial charge on any atom is -0.273 e. The van der Waals surface area contributed by atoms with Gasteiger partial charge in [0.1, 0.15) is 0 Å². The van der Waals surface area contributed by atoms with Crippen LogP contribution in [0.1, 0.15) is 95.1 Å². The molecule has 0 aromatic heterocycles. The van der Waals surface area contributed by atoms with Crippen molar-refractivity contribution in [3.8, 4) is 0 Å². The molecule has 0 spiro atoms. The molecule has 1 aromatic carbocycles. The van der Waals surface area contributed by atoms with E-state index in [0.717, 1.165) is 18.4 Å². The zero-order chi connectivity index (χ0) is 18.2. The first kappa shape index (κ1) is 21.4. The van der Waals surface area contributed by atoms with Gasteiger partial charge in [-0.2, -0.15) is 5.10 Å². The Bertz CT molecular complexity index is 479. The number of rotatable bonds is 14. The Morgan fingerprint density at radius 3 is 1.96 bits per heavy atom. The summed E-state index contributed by atoms with van der Waals surface area (Å²) in [7, 11) is 0. The molecule has 0 aliphatic heterocycles. The Hall–Kier alpha value is -1.64. The molecule has 0 bridgehead atoms. The molecule has 0 aliphatic rings. The molecule has 0 atom stereocenters. The Labute approximate surface area is 154 Å². The Kier molecular flexibility index (Phi) is 12.6. The summed E-state index contributed by atoms with van der Waals surface area (Å²) in [5.41, 5.74) is 4.83. The first-order valence-electron chi connectivity index (χ1n) is 10.1. The van der Waals surface area contributed by atoms with Crippen LogP contribution in [0.25, 0.3) is 0 Å². The highest BCUT2D eigenvalue weighted by Crippen LogP contribution is 2.11. The summed E-state index contributed by atoms with van der Waals surface area (Å²) in [6.07, 6.45) is 16.5. The number of hydrazone groups is 1. The van der Waals surface area contributed by atoms with Crippen LogP contribution < -0.4 is 5.43 Å². The lowest BCUT2D eigenvalue weighted by molar-refractivity contribution is -0.121. The minimum absolute atomic E-state index is 0.0132. The summed E-state index contributed by atoms with van der Waals surface area (Å²) in [4.78, 5) is 11.7. The third-order valence-corrected chi connectivity index (χ3v) is 4.49. The van der Waals surface area contributed by atoms with Crippen molar-refractivity contribution in [2.75, 3.05) is 0 Å². The molecule has 3 heteroatoms. The van der Waals surface area contributed by atoms with Crippen molar-refractivity contribution in [2.24, 2.45) is 5.10 Å². The van der Waals surface area contributed by atoms with E-state index in [4.69, 9.17) is 0 Å². The van der Waals surface area contributed by atoms with E-state index in [1.54, 1.807) is 6.21 Å². The van der Waals surface area contributed by atoms with Crippen molar-refractivity contribution < 1.29 is 4.79 Å². The second-order valence-corrected chi connectivity index (χ2v) is 6.99. The predicted molar refractivity (Wildman–Crippen MR) is 108 cm³/mol. The Morgan fingerprint density at radius 1 is 0.880 bits per heavy atom. The number of unbranched alkanes of at least 4 members (excludes halogenated alkanes) is 10. The van der Waals surface area contributed by atoms with Crippen LogP contribution in [0.3, 0.4) is 0 Å². The van der Waals surface area contributed by atoms with E-state index < -0.39 is 0 Å². The topological polar surface area (TPSA) is 41.5 Å². The summed E-state index contributed by atoms with van der Waals surface area (Å²) in [6.45, 7) is 4.31. The van der Waals surface area contributed by atoms with Gasteiger partial charge in [-0.15, -0.1) is 0 Å². The predicted octanol–water partition coefficient (Wildman–Crippen LogP) is 6.15. The van der Waals surface area contributed by atoms with Gasteiger partial charge in [-0.1, -0.05) is 101 Å². The summed E-state index contributed by atoms with van der Waals surface area (Å²) in [5.74, 6) is 0.0132. The average Bonchev–Trinajstić information content (AvgIpc) is 2.61. The van der Waals surface area contributed by atoms with Crippen LogP contribution in [0.4, 0.5) is 0 Å². The molecule has 1 amide bonds. The fourth-order valence-electron chi connectivity index (χ4n) is 2.84. The summed E-state index contributed by atoms with van der Waals surface area (Å²) < 4.78 is 0. The monoisotopic (exact) mass is 344 g/mol. The van der Waals surface area contributed by atoms with Gasteiger partial charge in [0.25, 0.3) is 0 Å². The number of hydrogen-bond donors (Lipinski definition) is 1. The number of amides is 1. The van der Waals surface area contributed by atoms with Gasteiger partial charge in [0.05, 0.1) is 6.21 Å². The standard InChI is InChI=1S/C22H36N2O/c1-3-4-5-6-7-8-9-10-11-12-13-14-22(25)24-23-19-21-17-15-20(2)16-18-21/h15-19H,3-14H2,1-2H3,(H,24,25)/b23-19-. The van der Waals surface area contributed by atoms with Crippen LogP contribution in [0, 0.1) is 6.92 Å². The van der Waals surface area contributed by atoms with Crippen LogP contribution in [-0.2, 0) is 4.79 Å². The van der Waals surface area contributed by atoms with E-state index in [2.05, 4.69) is 24.4 Å². The molecule has 1 N–H and O–H groups in total. The molecule has 0 saturated carbocycles. The fourth-order valence-corrected chi connectivity index (χ4v) is 2.84. The lowest BCUT2D eigenvalue weighted by atomic mass is 10.1. The molecular weight excluding hydrogens is 308 g/mol. The van der Waals surface area contributed by atoms with Crippen molar-refractivity contribution in [3.05, 3.63) is 35.4 Å². The summed E-state index contributed by atoms with van der Waals surface area (Å²) in [5, 5.41) is 4.02. The summed E-state index contributed by atoms with van der Waals surface area (Å²) in [6, 6.07) is 8.06. The lowest BCUT2D eigenvalue weighted by Gasteiger charge is -2.02. The molecule has 1 rings (SSSR count). The first-order valence-corrected chi connectivity index (χ1v) is 10.1. The lowest BCUT2D eigenvalue weighted by Crippen LogP contribution is -2.16. The van der Waals surface area contributed by atoms with Gasteiger partial charge in [-0.3, -0.25) is 4.79 Å². The van der Waals surface area contributed by atoms with E-state index in [1.807, 2.05) is 24.3 Å². The molecule has 0 unspecified atom stereocenters. The highest BCUT2D eigenvalue weighted by Gasteiger charge is 1.99. The number of carbonyl (C=O) groups excluding carboxylic acids is 1. The van der Waals surface area contributed by atoms with Gasteiger partial charge < -0.3 is 0 Å². The van der Waals surface area contributed by atoms with Crippen molar-refractivity contribution in [3.63, 3.8) is 0 Å². The van der Waals surface area contributed by atoms with Crippen molar-refractivity contribution >= 4 is 12.1 Å². The second-order valence-electron chi connectivity index (χ2n) is 6.99. The number of aryl methyl sites for hydroxylation is 1. The number of nitrogens with zero attached hydrogens (tertiary/aromatic N) is 1. The number of nitrogens with one attached hydrogen (secondary N) is 1. The maximum atomic E-state index is 11.7. The molecule has 0 saturated heterocycles. The van der Waals surface area contributed by atoms with Gasteiger partial charge in [0.2, 0.25) is 5.91 Å². The number of hydrogen-bond acceptors (Lipinski definition) is 2. The molecule has 0 aliphatic carbocycles. The molecule has 25 heavy (non-hydrogen) atoms.